The largest absolute Gasteiger partial charge is 0.455 e. The molecule has 100 valence electrons. The number of halogens is 1. The number of pyridine rings is 1. The number of aromatic nitrogens is 1. The summed E-state index contributed by atoms with van der Waals surface area (Å²) in [6.45, 7) is 5.84. The molecule has 0 saturated heterocycles. The van der Waals surface area contributed by atoms with Crippen LogP contribution in [0.3, 0.4) is 0 Å². The van der Waals surface area contributed by atoms with E-state index in [9.17, 15) is 0 Å². The number of benzene rings is 1. The molecule has 0 aliphatic carbocycles. The third-order valence-corrected chi connectivity index (χ3v) is 3.09. The van der Waals surface area contributed by atoms with E-state index in [0.29, 0.717) is 10.8 Å². The van der Waals surface area contributed by atoms with E-state index in [4.69, 9.17) is 22.1 Å². The van der Waals surface area contributed by atoms with E-state index in [0.717, 1.165) is 22.6 Å². The first-order valence-electron chi connectivity index (χ1n) is 6.13. The molecular formula is C15H17ClN2O. The van der Waals surface area contributed by atoms with Gasteiger partial charge in [-0.05, 0) is 56.2 Å². The normalized spacial score (nSPS) is 12.3. The summed E-state index contributed by atoms with van der Waals surface area (Å²) >= 11 is 6.00. The van der Waals surface area contributed by atoms with Crippen LogP contribution in [0.2, 0.25) is 5.02 Å². The van der Waals surface area contributed by atoms with Gasteiger partial charge in [-0.1, -0.05) is 11.6 Å². The number of aryl methyl sites for hydroxylation is 2. The maximum absolute atomic E-state index is 6.00. The molecule has 0 fully saturated rings. The van der Waals surface area contributed by atoms with Gasteiger partial charge in [0.1, 0.15) is 11.5 Å². The Morgan fingerprint density at radius 1 is 1.21 bits per heavy atom. The van der Waals surface area contributed by atoms with Gasteiger partial charge in [0.05, 0.1) is 11.9 Å². The van der Waals surface area contributed by atoms with E-state index in [2.05, 4.69) is 4.98 Å². The van der Waals surface area contributed by atoms with Gasteiger partial charge in [0.25, 0.3) is 0 Å². The highest BCUT2D eigenvalue weighted by atomic mass is 35.5. The molecule has 0 aliphatic rings. The van der Waals surface area contributed by atoms with Crippen LogP contribution in [0.4, 0.5) is 0 Å². The van der Waals surface area contributed by atoms with E-state index >= 15 is 0 Å². The van der Waals surface area contributed by atoms with Gasteiger partial charge in [-0.3, -0.25) is 4.98 Å². The molecule has 0 saturated carbocycles. The van der Waals surface area contributed by atoms with Crippen LogP contribution in [0, 0.1) is 13.8 Å². The fourth-order valence-corrected chi connectivity index (χ4v) is 2.23. The maximum atomic E-state index is 6.00. The Labute approximate surface area is 118 Å². The van der Waals surface area contributed by atoms with Crippen LogP contribution in [-0.2, 0) is 0 Å². The van der Waals surface area contributed by atoms with Crippen molar-refractivity contribution in [3.63, 3.8) is 0 Å². The lowest BCUT2D eigenvalue weighted by molar-refractivity contribution is 0.472. The van der Waals surface area contributed by atoms with Gasteiger partial charge in [0.2, 0.25) is 0 Å². The molecule has 2 aromatic rings. The number of hydrogen-bond acceptors (Lipinski definition) is 3. The first-order valence-corrected chi connectivity index (χ1v) is 6.51. The number of ether oxygens (including phenoxy) is 1. The zero-order valence-electron chi connectivity index (χ0n) is 11.3. The minimum atomic E-state index is -0.0759. The Hall–Kier alpha value is -1.58. The first kappa shape index (κ1) is 13.8. The van der Waals surface area contributed by atoms with E-state index < -0.39 is 0 Å². The third-order valence-electron chi connectivity index (χ3n) is 2.87. The van der Waals surface area contributed by atoms with Crippen molar-refractivity contribution in [1.82, 2.24) is 4.98 Å². The molecule has 1 heterocycles. The minimum Gasteiger partial charge on any atom is -0.455 e. The number of rotatable bonds is 3. The summed E-state index contributed by atoms with van der Waals surface area (Å²) in [6, 6.07) is 7.44. The standard InChI is InChI=1S/C15H17ClN2O/c1-9-6-12(16)7-10(2)15(9)19-13-4-5-14(11(3)17)18-8-13/h4-8,11H,17H2,1-3H3/t11-/m1/s1. The van der Waals surface area contributed by atoms with Crippen molar-refractivity contribution in [3.05, 3.63) is 52.3 Å². The van der Waals surface area contributed by atoms with Crippen molar-refractivity contribution in [2.24, 2.45) is 5.73 Å². The van der Waals surface area contributed by atoms with Crippen LogP contribution in [0.5, 0.6) is 11.5 Å². The second-order valence-corrected chi connectivity index (χ2v) is 5.11. The van der Waals surface area contributed by atoms with Gasteiger partial charge in [0.15, 0.2) is 0 Å². The second-order valence-electron chi connectivity index (χ2n) is 4.68. The van der Waals surface area contributed by atoms with Crippen LogP contribution >= 0.6 is 11.6 Å². The molecule has 1 aromatic carbocycles. The van der Waals surface area contributed by atoms with Gasteiger partial charge < -0.3 is 10.5 Å². The molecule has 2 rings (SSSR count). The first-order chi connectivity index (χ1) is 8.97. The smallest absolute Gasteiger partial charge is 0.145 e. The molecule has 3 nitrogen and oxygen atoms in total. The molecule has 1 aromatic heterocycles. The topological polar surface area (TPSA) is 48.1 Å². The van der Waals surface area contributed by atoms with Gasteiger partial charge >= 0.3 is 0 Å². The summed E-state index contributed by atoms with van der Waals surface area (Å²) in [5.74, 6) is 1.51. The van der Waals surface area contributed by atoms with Crippen molar-refractivity contribution < 1.29 is 4.74 Å². The SMILES string of the molecule is Cc1cc(Cl)cc(C)c1Oc1ccc([C@@H](C)N)nc1. The van der Waals surface area contributed by atoms with Gasteiger partial charge in [-0.2, -0.15) is 0 Å². The Morgan fingerprint density at radius 3 is 2.32 bits per heavy atom. The van der Waals surface area contributed by atoms with Gasteiger partial charge in [-0.25, -0.2) is 0 Å². The second kappa shape index (κ2) is 5.59. The highest BCUT2D eigenvalue weighted by Gasteiger charge is 2.08. The van der Waals surface area contributed by atoms with Gasteiger partial charge in [0, 0.05) is 11.1 Å². The molecule has 0 radical (unpaired) electrons. The molecule has 0 amide bonds. The summed E-state index contributed by atoms with van der Waals surface area (Å²) < 4.78 is 5.87. The zero-order chi connectivity index (χ0) is 14.0. The number of nitrogens with zero attached hydrogens (tertiary/aromatic N) is 1. The predicted octanol–water partition coefficient (Wildman–Crippen LogP) is 4.16. The highest BCUT2D eigenvalue weighted by molar-refractivity contribution is 6.30. The van der Waals surface area contributed by atoms with Crippen molar-refractivity contribution in [3.8, 4) is 11.5 Å². The lowest BCUT2D eigenvalue weighted by atomic mass is 10.1. The highest BCUT2D eigenvalue weighted by Crippen LogP contribution is 2.31. The van der Waals surface area contributed by atoms with E-state index in [-0.39, 0.29) is 6.04 Å². The fraction of sp³-hybridized carbons (Fsp3) is 0.267. The van der Waals surface area contributed by atoms with Crippen molar-refractivity contribution in [2.75, 3.05) is 0 Å². The Balaban J connectivity index is 2.26. The van der Waals surface area contributed by atoms with Crippen molar-refractivity contribution in [1.29, 1.82) is 0 Å². The van der Waals surface area contributed by atoms with Crippen LogP contribution in [0.25, 0.3) is 0 Å². The summed E-state index contributed by atoms with van der Waals surface area (Å²) in [5, 5.41) is 0.716. The van der Waals surface area contributed by atoms with E-state index in [1.807, 2.05) is 45.0 Å². The van der Waals surface area contributed by atoms with Crippen LogP contribution < -0.4 is 10.5 Å². The van der Waals surface area contributed by atoms with E-state index in [1.54, 1.807) is 6.20 Å². The summed E-state index contributed by atoms with van der Waals surface area (Å²) in [5.41, 5.74) is 8.61. The Kier molecular flexibility index (Phi) is 4.08. The van der Waals surface area contributed by atoms with Crippen molar-refractivity contribution in [2.45, 2.75) is 26.8 Å². The van der Waals surface area contributed by atoms with Crippen LogP contribution in [0.15, 0.2) is 30.5 Å². The average molecular weight is 277 g/mol. The summed E-state index contributed by atoms with van der Waals surface area (Å²) in [6.07, 6.45) is 1.69. The van der Waals surface area contributed by atoms with E-state index in [1.165, 1.54) is 0 Å². The van der Waals surface area contributed by atoms with Gasteiger partial charge in [-0.15, -0.1) is 0 Å². The molecule has 0 unspecified atom stereocenters. The summed E-state index contributed by atoms with van der Waals surface area (Å²) in [4.78, 5) is 4.28. The molecule has 0 aliphatic heterocycles. The zero-order valence-corrected chi connectivity index (χ0v) is 12.0. The lowest BCUT2D eigenvalue weighted by Gasteiger charge is -2.12. The number of nitrogens with two attached hydrogens (primary N) is 1. The fourth-order valence-electron chi connectivity index (χ4n) is 1.90. The molecular weight excluding hydrogens is 260 g/mol. The van der Waals surface area contributed by atoms with Crippen molar-refractivity contribution >= 4 is 11.6 Å². The quantitative estimate of drug-likeness (QED) is 0.915. The Morgan fingerprint density at radius 2 is 1.84 bits per heavy atom. The van der Waals surface area contributed by atoms with Crippen LogP contribution in [-0.4, -0.2) is 4.98 Å². The molecule has 1 atom stereocenters. The predicted molar refractivity (Wildman–Crippen MR) is 77.8 cm³/mol. The monoisotopic (exact) mass is 276 g/mol. The minimum absolute atomic E-state index is 0.0759. The average Bonchev–Trinajstić information content (AvgIpc) is 2.34. The molecule has 19 heavy (non-hydrogen) atoms. The summed E-state index contributed by atoms with van der Waals surface area (Å²) in [7, 11) is 0. The maximum Gasteiger partial charge on any atom is 0.145 e. The molecule has 4 heteroatoms. The lowest BCUT2D eigenvalue weighted by Crippen LogP contribution is -2.06. The molecule has 0 spiro atoms. The third kappa shape index (κ3) is 3.25. The Bertz CT molecular complexity index is 556. The van der Waals surface area contributed by atoms with Crippen LogP contribution in [0.1, 0.15) is 29.8 Å². The molecule has 2 N–H and O–H groups in total. The molecule has 0 bridgehead atoms. The number of hydrogen-bond donors (Lipinski definition) is 1.